The highest BCUT2D eigenvalue weighted by atomic mass is 16.6. The zero-order valence-corrected chi connectivity index (χ0v) is 12.5. The molecule has 1 aliphatic heterocycles. The van der Waals surface area contributed by atoms with E-state index in [2.05, 4.69) is 4.98 Å². The van der Waals surface area contributed by atoms with Crippen LogP contribution in [0.25, 0.3) is 16.8 Å². The largest absolute Gasteiger partial charge is 0.460 e. The van der Waals surface area contributed by atoms with E-state index in [0.717, 1.165) is 10.8 Å². The van der Waals surface area contributed by atoms with Gasteiger partial charge in [0.25, 0.3) is 0 Å². The first-order valence-corrected chi connectivity index (χ1v) is 7.43. The number of hydrogen-bond donors (Lipinski definition) is 1. The predicted molar refractivity (Wildman–Crippen MR) is 88.4 cm³/mol. The maximum atomic E-state index is 12.5. The molecule has 0 saturated heterocycles. The third-order valence-electron chi connectivity index (χ3n) is 3.80. The van der Waals surface area contributed by atoms with Gasteiger partial charge in [-0.2, -0.15) is 0 Å². The molecule has 1 unspecified atom stereocenters. The molecule has 0 fully saturated rings. The van der Waals surface area contributed by atoms with Crippen molar-refractivity contribution in [2.24, 2.45) is 0 Å². The molecule has 1 N–H and O–H groups in total. The topological polar surface area (TPSA) is 68.7 Å². The van der Waals surface area contributed by atoms with E-state index in [0.29, 0.717) is 11.3 Å². The first-order valence-electron chi connectivity index (χ1n) is 7.43. The quantitative estimate of drug-likeness (QED) is 0.736. The Morgan fingerprint density at radius 1 is 1.08 bits per heavy atom. The molecule has 5 nitrogen and oxygen atoms in total. The number of hydrogen-bond acceptors (Lipinski definition) is 5. The van der Waals surface area contributed by atoms with Crippen LogP contribution in [-0.2, 0) is 4.79 Å². The molecule has 0 saturated carbocycles. The fourth-order valence-electron chi connectivity index (χ4n) is 2.61. The number of nitrogens with zero attached hydrogens (tertiary/aromatic N) is 1. The summed E-state index contributed by atoms with van der Waals surface area (Å²) < 4.78 is 10.8. The predicted octanol–water partition coefficient (Wildman–Crippen LogP) is 2.93. The van der Waals surface area contributed by atoms with E-state index >= 15 is 0 Å². The van der Waals surface area contributed by atoms with Crippen molar-refractivity contribution in [2.45, 2.75) is 6.29 Å². The zero-order valence-electron chi connectivity index (χ0n) is 12.5. The molecule has 2 heterocycles. The summed E-state index contributed by atoms with van der Waals surface area (Å²) in [7, 11) is 0. The first kappa shape index (κ1) is 14.4. The molecule has 0 spiro atoms. The molecule has 5 heteroatoms. The number of benzene rings is 2. The van der Waals surface area contributed by atoms with Crippen LogP contribution in [0, 0.1) is 0 Å². The minimum Gasteiger partial charge on any atom is -0.460 e. The van der Waals surface area contributed by atoms with Gasteiger partial charge in [-0.1, -0.05) is 36.4 Å². The minimum atomic E-state index is -1.37. The van der Waals surface area contributed by atoms with Crippen molar-refractivity contribution in [3.63, 3.8) is 0 Å². The van der Waals surface area contributed by atoms with Crippen molar-refractivity contribution in [3.05, 3.63) is 71.9 Å². The Morgan fingerprint density at radius 2 is 1.88 bits per heavy atom. The van der Waals surface area contributed by atoms with E-state index in [1.54, 1.807) is 30.5 Å². The van der Waals surface area contributed by atoms with Gasteiger partial charge in [-0.25, -0.2) is 9.78 Å². The maximum Gasteiger partial charge on any atom is 0.347 e. The summed E-state index contributed by atoms with van der Waals surface area (Å²) in [5.41, 5.74) is 0.740. The van der Waals surface area contributed by atoms with Crippen molar-refractivity contribution in [2.75, 3.05) is 0 Å². The number of aliphatic hydroxyl groups is 1. The molecule has 1 aromatic heterocycles. The Hall–Kier alpha value is -3.18. The van der Waals surface area contributed by atoms with Gasteiger partial charge in [0.15, 0.2) is 0 Å². The van der Waals surface area contributed by atoms with Gasteiger partial charge < -0.3 is 14.6 Å². The van der Waals surface area contributed by atoms with Crippen LogP contribution in [0.2, 0.25) is 0 Å². The molecule has 3 aromatic rings. The molecular weight excluding hydrogens is 306 g/mol. The van der Waals surface area contributed by atoms with Crippen LogP contribution >= 0.6 is 0 Å². The molecule has 1 aliphatic rings. The van der Waals surface area contributed by atoms with E-state index in [-0.39, 0.29) is 11.5 Å². The van der Waals surface area contributed by atoms with Gasteiger partial charge in [0, 0.05) is 17.1 Å². The highest BCUT2D eigenvalue weighted by Crippen LogP contribution is 2.30. The second kappa shape index (κ2) is 5.79. The standard InChI is InChI=1S/C19H13NO4/c21-18-15(11-13-6-2-4-8-16(13)23-18)19(22)24-17-14-7-3-1-5-12(14)9-10-20-17/h1-11,18,21H. The number of carbonyl (C=O) groups is 1. The fourth-order valence-corrected chi connectivity index (χ4v) is 2.61. The lowest BCUT2D eigenvalue weighted by Crippen LogP contribution is -2.29. The second-order valence-electron chi connectivity index (χ2n) is 5.33. The third-order valence-corrected chi connectivity index (χ3v) is 3.80. The van der Waals surface area contributed by atoms with Crippen LogP contribution in [0.3, 0.4) is 0 Å². The average molecular weight is 319 g/mol. The monoisotopic (exact) mass is 319 g/mol. The number of carbonyl (C=O) groups excluding carboxylic acids is 1. The number of pyridine rings is 1. The molecular formula is C19H13NO4. The lowest BCUT2D eigenvalue weighted by Gasteiger charge is -2.21. The second-order valence-corrected chi connectivity index (χ2v) is 5.33. The Kier molecular flexibility index (Phi) is 3.48. The van der Waals surface area contributed by atoms with Crippen LogP contribution < -0.4 is 9.47 Å². The maximum absolute atomic E-state index is 12.5. The van der Waals surface area contributed by atoms with Gasteiger partial charge in [0.2, 0.25) is 12.2 Å². The highest BCUT2D eigenvalue weighted by Gasteiger charge is 2.28. The zero-order chi connectivity index (χ0) is 16.5. The molecule has 0 radical (unpaired) electrons. The summed E-state index contributed by atoms with van der Waals surface area (Å²) in [6, 6.07) is 16.4. The Morgan fingerprint density at radius 3 is 2.79 bits per heavy atom. The van der Waals surface area contributed by atoms with Gasteiger partial charge in [-0.15, -0.1) is 0 Å². The normalized spacial score (nSPS) is 16.0. The van der Waals surface area contributed by atoms with Gasteiger partial charge in [0.1, 0.15) is 11.3 Å². The Bertz CT molecular complexity index is 959. The van der Waals surface area contributed by atoms with Crippen LogP contribution in [0.4, 0.5) is 0 Å². The first-order chi connectivity index (χ1) is 11.7. The van der Waals surface area contributed by atoms with Crippen LogP contribution in [0.5, 0.6) is 11.6 Å². The van der Waals surface area contributed by atoms with Crippen molar-refractivity contribution in [3.8, 4) is 11.6 Å². The molecule has 2 aromatic carbocycles. The number of esters is 1. The van der Waals surface area contributed by atoms with Crippen LogP contribution in [0.1, 0.15) is 5.56 Å². The van der Waals surface area contributed by atoms with E-state index in [1.807, 2.05) is 36.4 Å². The van der Waals surface area contributed by atoms with Crippen LogP contribution in [0.15, 0.2) is 66.4 Å². The Labute approximate surface area is 137 Å². The van der Waals surface area contributed by atoms with E-state index in [9.17, 15) is 9.90 Å². The molecule has 24 heavy (non-hydrogen) atoms. The van der Waals surface area contributed by atoms with Crippen molar-refractivity contribution >= 4 is 22.8 Å². The Balaban J connectivity index is 1.68. The summed E-state index contributed by atoms with van der Waals surface area (Å²) in [5.74, 6) is 0.0238. The number of para-hydroxylation sites is 1. The summed E-state index contributed by atoms with van der Waals surface area (Å²) in [6.45, 7) is 0. The van der Waals surface area contributed by atoms with E-state index in [4.69, 9.17) is 9.47 Å². The van der Waals surface area contributed by atoms with Gasteiger partial charge in [-0.3, -0.25) is 0 Å². The van der Waals surface area contributed by atoms with E-state index < -0.39 is 12.3 Å². The number of rotatable bonds is 2. The summed E-state index contributed by atoms with van der Waals surface area (Å²) in [5, 5.41) is 11.7. The molecule has 4 rings (SSSR count). The SMILES string of the molecule is O=C(Oc1nccc2ccccc12)C1=Cc2ccccc2OC1O. The molecule has 1 atom stereocenters. The molecule has 0 aliphatic carbocycles. The third kappa shape index (κ3) is 2.51. The summed E-state index contributed by atoms with van der Waals surface area (Å²) >= 11 is 0. The summed E-state index contributed by atoms with van der Waals surface area (Å²) in [4.78, 5) is 16.6. The molecule has 0 amide bonds. The van der Waals surface area contributed by atoms with Crippen molar-refractivity contribution in [1.82, 2.24) is 4.98 Å². The number of aromatic nitrogens is 1. The lowest BCUT2D eigenvalue weighted by molar-refractivity contribution is -0.133. The van der Waals surface area contributed by atoms with Gasteiger partial charge in [0.05, 0.1) is 0 Å². The van der Waals surface area contributed by atoms with Crippen LogP contribution in [-0.4, -0.2) is 22.3 Å². The number of fused-ring (bicyclic) bond motifs is 2. The summed E-state index contributed by atoms with van der Waals surface area (Å²) in [6.07, 6.45) is 1.77. The lowest BCUT2D eigenvalue weighted by atomic mass is 10.1. The van der Waals surface area contributed by atoms with Crippen molar-refractivity contribution < 1.29 is 19.4 Å². The highest BCUT2D eigenvalue weighted by molar-refractivity contribution is 5.98. The van der Waals surface area contributed by atoms with Crippen molar-refractivity contribution in [1.29, 1.82) is 0 Å². The van der Waals surface area contributed by atoms with E-state index in [1.165, 1.54) is 0 Å². The minimum absolute atomic E-state index is 0.0310. The number of ether oxygens (including phenoxy) is 2. The molecule has 118 valence electrons. The van der Waals surface area contributed by atoms with Gasteiger partial charge >= 0.3 is 5.97 Å². The molecule has 0 bridgehead atoms. The smallest absolute Gasteiger partial charge is 0.347 e. The average Bonchev–Trinajstić information content (AvgIpc) is 2.61. The fraction of sp³-hybridized carbons (Fsp3) is 0.0526. The van der Waals surface area contributed by atoms with Gasteiger partial charge in [-0.05, 0) is 29.7 Å². The number of aliphatic hydroxyl groups excluding tert-OH is 1.